The molecule has 0 saturated carbocycles. The third-order valence-corrected chi connectivity index (χ3v) is 3.43. The molecule has 0 unspecified atom stereocenters. The second kappa shape index (κ2) is 10.9. The molecule has 0 amide bonds. The quantitative estimate of drug-likeness (QED) is 0.765. The Morgan fingerprint density at radius 1 is 0.913 bits per heavy atom. The minimum atomic E-state index is 0. The monoisotopic (exact) mass is 336 g/mol. The minimum absolute atomic E-state index is 0. The van der Waals surface area contributed by atoms with Gasteiger partial charge in [-0.2, -0.15) is 0 Å². The molecule has 4 nitrogen and oxygen atoms in total. The van der Waals surface area contributed by atoms with Gasteiger partial charge in [0.25, 0.3) is 0 Å². The van der Waals surface area contributed by atoms with Crippen molar-refractivity contribution < 1.29 is 9.47 Å². The molecule has 0 bridgehead atoms. The lowest BCUT2D eigenvalue weighted by Crippen LogP contribution is -2.32. The molecular formula is C18H25ClN2O2. The van der Waals surface area contributed by atoms with Crippen LogP contribution in [-0.2, 0) is 6.54 Å². The minimum Gasteiger partial charge on any atom is -0.493 e. The van der Waals surface area contributed by atoms with E-state index in [1.54, 1.807) is 7.11 Å². The van der Waals surface area contributed by atoms with Crippen LogP contribution in [0, 0.1) is 0 Å². The summed E-state index contributed by atoms with van der Waals surface area (Å²) in [6, 6.07) is 18.1. The van der Waals surface area contributed by atoms with Crippen molar-refractivity contribution in [3.8, 4) is 11.5 Å². The van der Waals surface area contributed by atoms with Crippen LogP contribution in [0.2, 0.25) is 0 Å². The largest absolute Gasteiger partial charge is 0.493 e. The van der Waals surface area contributed by atoms with Crippen LogP contribution in [0.4, 0.5) is 0 Å². The highest BCUT2D eigenvalue weighted by Gasteiger charge is 2.07. The van der Waals surface area contributed by atoms with Gasteiger partial charge in [-0.05, 0) is 17.7 Å². The molecule has 2 N–H and O–H groups in total. The fourth-order valence-corrected chi connectivity index (χ4v) is 2.32. The van der Waals surface area contributed by atoms with Crippen LogP contribution in [0.25, 0.3) is 0 Å². The molecule has 23 heavy (non-hydrogen) atoms. The Kier molecular flexibility index (Phi) is 9.14. The Labute approximate surface area is 144 Å². The first-order chi connectivity index (χ1) is 10.8. The summed E-state index contributed by atoms with van der Waals surface area (Å²) in [6.45, 7) is 3.80. The van der Waals surface area contributed by atoms with Gasteiger partial charge in [0.2, 0.25) is 0 Å². The fourth-order valence-electron chi connectivity index (χ4n) is 2.32. The van der Waals surface area contributed by atoms with E-state index in [1.807, 2.05) is 30.3 Å². The zero-order valence-corrected chi connectivity index (χ0v) is 14.3. The van der Waals surface area contributed by atoms with Crippen molar-refractivity contribution in [1.82, 2.24) is 4.90 Å². The van der Waals surface area contributed by atoms with Crippen molar-refractivity contribution in [2.24, 2.45) is 5.73 Å². The molecule has 2 rings (SSSR count). The standard InChI is InChI=1S/C18H24N2O2.ClH/c1-21-17-9-5-6-10-18(17)22-14-13-20(12-11-19)15-16-7-3-2-4-8-16;/h2-10H,11-15,19H2,1H3;1H. The molecule has 126 valence electrons. The van der Waals surface area contributed by atoms with E-state index >= 15 is 0 Å². The maximum absolute atomic E-state index is 5.84. The van der Waals surface area contributed by atoms with Crippen molar-refractivity contribution in [2.75, 3.05) is 33.4 Å². The molecule has 0 saturated heterocycles. The maximum atomic E-state index is 5.84. The molecule has 2 aromatic rings. The van der Waals surface area contributed by atoms with E-state index in [2.05, 4.69) is 29.2 Å². The van der Waals surface area contributed by atoms with Crippen LogP contribution in [0.15, 0.2) is 54.6 Å². The first-order valence-corrected chi connectivity index (χ1v) is 7.55. The van der Waals surface area contributed by atoms with Crippen LogP contribution in [-0.4, -0.2) is 38.3 Å². The lowest BCUT2D eigenvalue weighted by molar-refractivity contribution is 0.202. The van der Waals surface area contributed by atoms with Crippen molar-refractivity contribution in [1.29, 1.82) is 0 Å². The average Bonchev–Trinajstić information content (AvgIpc) is 2.56. The van der Waals surface area contributed by atoms with Gasteiger partial charge in [0.1, 0.15) is 6.61 Å². The number of hydrogen-bond acceptors (Lipinski definition) is 4. The number of benzene rings is 2. The zero-order valence-electron chi connectivity index (χ0n) is 13.5. The van der Waals surface area contributed by atoms with Gasteiger partial charge in [-0.3, -0.25) is 4.90 Å². The average molecular weight is 337 g/mol. The molecule has 0 radical (unpaired) electrons. The second-order valence-electron chi connectivity index (χ2n) is 5.05. The fraction of sp³-hybridized carbons (Fsp3) is 0.333. The molecule has 0 atom stereocenters. The highest BCUT2D eigenvalue weighted by Crippen LogP contribution is 2.25. The van der Waals surface area contributed by atoms with E-state index in [9.17, 15) is 0 Å². The number of nitrogens with two attached hydrogens (primary N) is 1. The lowest BCUT2D eigenvalue weighted by Gasteiger charge is -2.22. The summed E-state index contributed by atoms with van der Waals surface area (Å²) < 4.78 is 11.1. The highest BCUT2D eigenvalue weighted by atomic mass is 35.5. The molecule has 0 aliphatic rings. The molecule has 0 spiro atoms. The number of ether oxygens (including phenoxy) is 2. The van der Waals surface area contributed by atoms with Gasteiger partial charge in [0, 0.05) is 26.2 Å². The maximum Gasteiger partial charge on any atom is 0.161 e. The van der Waals surface area contributed by atoms with E-state index in [0.29, 0.717) is 13.2 Å². The van der Waals surface area contributed by atoms with Crippen LogP contribution >= 0.6 is 12.4 Å². The van der Waals surface area contributed by atoms with Gasteiger partial charge < -0.3 is 15.2 Å². The summed E-state index contributed by atoms with van der Waals surface area (Å²) >= 11 is 0. The van der Waals surface area contributed by atoms with E-state index in [0.717, 1.165) is 31.1 Å². The van der Waals surface area contributed by atoms with Gasteiger partial charge in [-0.25, -0.2) is 0 Å². The molecule has 5 heteroatoms. The van der Waals surface area contributed by atoms with Crippen molar-refractivity contribution in [2.45, 2.75) is 6.54 Å². The van der Waals surface area contributed by atoms with E-state index in [-0.39, 0.29) is 12.4 Å². The summed E-state index contributed by atoms with van der Waals surface area (Å²) in [6.07, 6.45) is 0. The Bertz CT molecular complexity index is 552. The second-order valence-corrected chi connectivity index (χ2v) is 5.05. The normalized spacial score (nSPS) is 10.2. The molecule has 2 aromatic carbocycles. The van der Waals surface area contributed by atoms with Crippen LogP contribution in [0.1, 0.15) is 5.56 Å². The van der Waals surface area contributed by atoms with Crippen molar-refractivity contribution >= 4 is 12.4 Å². The van der Waals surface area contributed by atoms with Gasteiger partial charge in [-0.1, -0.05) is 42.5 Å². The highest BCUT2D eigenvalue weighted by molar-refractivity contribution is 5.85. The molecule has 0 heterocycles. The van der Waals surface area contributed by atoms with Gasteiger partial charge in [0.05, 0.1) is 7.11 Å². The first-order valence-electron chi connectivity index (χ1n) is 7.55. The molecule has 0 aromatic heterocycles. The van der Waals surface area contributed by atoms with Gasteiger partial charge >= 0.3 is 0 Å². The molecule has 0 aliphatic carbocycles. The zero-order chi connectivity index (χ0) is 15.6. The summed E-state index contributed by atoms with van der Waals surface area (Å²) in [4.78, 5) is 2.30. The predicted octanol–water partition coefficient (Wildman–Crippen LogP) is 2.96. The third-order valence-electron chi connectivity index (χ3n) is 3.43. The van der Waals surface area contributed by atoms with Gasteiger partial charge in [-0.15, -0.1) is 12.4 Å². The van der Waals surface area contributed by atoms with E-state index in [4.69, 9.17) is 15.2 Å². The van der Waals surface area contributed by atoms with E-state index < -0.39 is 0 Å². The number of para-hydroxylation sites is 2. The third kappa shape index (κ3) is 6.48. The summed E-state index contributed by atoms with van der Waals surface area (Å²) in [5.41, 5.74) is 6.99. The summed E-state index contributed by atoms with van der Waals surface area (Å²) in [7, 11) is 1.65. The Morgan fingerprint density at radius 3 is 2.22 bits per heavy atom. The van der Waals surface area contributed by atoms with Crippen LogP contribution in [0.3, 0.4) is 0 Å². The number of halogens is 1. The van der Waals surface area contributed by atoms with Crippen molar-refractivity contribution in [3.05, 3.63) is 60.2 Å². The number of rotatable bonds is 9. The van der Waals surface area contributed by atoms with Gasteiger partial charge in [0.15, 0.2) is 11.5 Å². The Balaban J connectivity index is 0.00000264. The van der Waals surface area contributed by atoms with E-state index in [1.165, 1.54) is 5.56 Å². The Hall–Kier alpha value is -1.75. The number of hydrogen-bond donors (Lipinski definition) is 1. The topological polar surface area (TPSA) is 47.7 Å². The van der Waals surface area contributed by atoms with Crippen LogP contribution < -0.4 is 15.2 Å². The molecule has 0 fully saturated rings. The molecular weight excluding hydrogens is 312 g/mol. The predicted molar refractivity (Wildman–Crippen MR) is 96.5 cm³/mol. The first kappa shape index (κ1) is 19.3. The lowest BCUT2D eigenvalue weighted by atomic mass is 10.2. The molecule has 0 aliphatic heterocycles. The summed E-state index contributed by atoms with van der Waals surface area (Å²) in [5, 5.41) is 0. The smallest absolute Gasteiger partial charge is 0.161 e. The number of nitrogens with zero attached hydrogens (tertiary/aromatic N) is 1. The van der Waals surface area contributed by atoms with Crippen LogP contribution in [0.5, 0.6) is 11.5 Å². The summed E-state index contributed by atoms with van der Waals surface area (Å²) in [5.74, 6) is 1.54. The van der Waals surface area contributed by atoms with Crippen molar-refractivity contribution in [3.63, 3.8) is 0 Å². The SMILES string of the molecule is COc1ccccc1OCCN(CCN)Cc1ccccc1.Cl. The number of methoxy groups -OCH3 is 1. The Morgan fingerprint density at radius 2 is 1.57 bits per heavy atom.